The molecule has 2 heterocycles. The Morgan fingerprint density at radius 2 is 0.981 bits per heavy atom. The normalized spacial score (nSPS) is 13.3. The molecule has 52 heavy (non-hydrogen) atoms. The van der Waals surface area contributed by atoms with Crippen molar-refractivity contribution in [2.75, 3.05) is 4.90 Å². The number of benzene rings is 8. The lowest BCUT2D eigenvalue weighted by atomic mass is 9.82. The van der Waals surface area contributed by atoms with Crippen LogP contribution in [-0.4, -0.2) is 0 Å². The molecule has 2 aromatic heterocycles. The van der Waals surface area contributed by atoms with Crippen molar-refractivity contribution in [3.63, 3.8) is 0 Å². The average Bonchev–Trinajstić information content (AvgIpc) is 3.81. The highest BCUT2D eigenvalue weighted by Crippen LogP contribution is 2.51. The van der Waals surface area contributed by atoms with Gasteiger partial charge in [0.15, 0.2) is 0 Å². The first-order valence-corrected chi connectivity index (χ1v) is 17.9. The van der Waals surface area contributed by atoms with Gasteiger partial charge in [0.2, 0.25) is 0 Å². The van der Waals surface area contributed by atoms with E-state index in [0.717, 1.165) is 71.9 Å². The molecular formula is C49H33NO2. The molecule has 0 saturated carbocycles. The van der Waals surface area contributed by atoms with E-state index in [-0.39, 0.29) is 5.41 Å². The van der Waals surface area contributed by atoms with Crippen LogP contribution in [0.5, 0.6) is 0 Å². The summed E-state index contributed by atoms with van der Waals surface area (Å²) in [6, 6.07) is 59.0. The largest absolute Gasteiger partial charge is 0.456 e. The summed E-state index contributed by atoms with van der Waals surface area (Å²) in [7, 11) is 0. The molecule has 246 valence electrons. The second-order valence-electron chi connectivity index (χ2n) is 14.6. The highest BCUT2D eigenvalue weighted by Gasteiger charge is 2.35. The molecule has 1 aliphatic rings. The minimum atomic E-state index is -0.0540. The zero-order valence-electron chi connectivity index (χ0n) is 28.9. The molecule has 0 amide bonds. The molecule has 0 atom stereocenters. The second-order valence-corrected chi connectivity index (χ2v) is 14.6. The predicted octanol–water partition coefficient (Wildman–Crippen LogP) is 14.1. The number of rotatable bonds is 4. The number of nitrogens with zero attached hydrogens (tertiary/aromatic N) is 1. The van der Waals surface area contributed by atoms with Crippen molar-refractivity contribution in [1.29, 1.82) is 0 Å². The van der Waals surface area contributed by atoms with Gasteiger partial charge in [-0.05, 0) is 117 Å². The van der Waals surface area contributed by atoms with E-state index in [0.29, 0.717) is 0 Å². The van der Waals surface area contributed by atoms with Crippen molar-refractivity contribution in [1.82, 2.24) is 0 Å². The maximum absolute atomic E-state index is 6.23. The van der Waals surface area contributed by atoms with Gasteiger partial charge >= 0.3 is 0 Å². The number of fused-ring (bicyclic) bond motifs is 10. The first-order chi connectivity index (χ1) is 25.5. The molecule has 0 unspecified atom stereocenters. The monoisotopic (exact) mass is 667 g/mol. The van der Waals surface area contributed by atoms with Gasteiger partial charge in [0.05, 0.1) is 0 Å². The maximum Gasteiger partial charge on any atom is 0.136 e. The third-order valence-electron chi connectivity index (χ3n) is 11.2. The van der Waals surface area contributed by atoms with Gasteiger partial charge in [0.1, 0.15) is 22.3 Å². The first kappa shape index (κ1) is 29.2. The molecular weight excluding hydrogens is 635 g/mol. The van der Waals surface area contributed by atoms with Crippen LogP contribution in [0.2, 0.25) is 0 Å². The van der Waals surface area contributed by atoms with E-state index in [1.165, 1.54) is 33.2 Å². The van der Waals surface area contributed by atoms with Crippen molar-refractivity contribution in [2.45, 2.75) is 19.3 Å². The predicted molar refractivity (Wildman–Crippen MR) is 216 cm³/mol. The van der Waals surface area contributed by atoms with Crippen LogP contribution in [-0.2, 0) is 5.41 Å². The standard InChI is InChI=1S/C49H33NO2/c1-49(2)43-12-6-3-9-37(43)40-28-35(21-23-44(40)49)50(36-22-24-47-42(29-36)39-11-5-7-13-45(39)51-47)34-19-17-30(18-20-34)31-15-16-32-26-41-38-10-4-8-14-46(38)52-48(41)27-33(32)25-31/h3-29H,1-2H3. The number of anilines is 3. The van der Waals surface area contributed by atoms with Gasteiger partial charge in [0.25, 0.3) is 0 Å². The van der Waals surface area contributed by atoms with E-state index in [2.05, 4.69) is 158 Å². The quantitative estimate of drug-likeness (QED) is 0.187. The third kappa shape index (κ3) is 4.26. The zero-order chi connectivity index (χ0) is 34.6. The third-order valence-corrected chi connectivity index (χ3v) is 11.2. The first-order valence-electron chi connectivity index (χ1n) is 17.9. The number of para-hydroxylation sites is 2. The molecule has 0 bridgehead atoms. The number of hydrogen-bond acceptors (Lipinski definition) is 3. The SMILES string of the molecule is CC1(C)c2ccccc2-c2cc(N(c3ccc(-c4ccc5cc6c(cc5c4)oc4ccccc46)cc3)c3ccc4oc5ccccc5c4c3)ccc21. The van der Waals surface area contributed by atoms with E-state index >= 15 is 0 Å². The Balaban J connectivity index is 1.04. The molecule has 0 spiro atoms. The van der Waals surface area contributed by atoms with Gasteiger partial charge in [-0.25, -0.2) is 0 Å². The van der Waals surface area contributed by atoms with E-state index in [1.807, 2.05) is 24.3 Å². The Morgan fingerprint density at radius 3 is 1.79 bits per heavy atom. The molecule has 0 radical (unpaired) electrons. The van der Waals surface area contributed by atoms with Gasteiger partial charge in [-0.15, -0.1) is 0 Å². The summed E-state index contributed by atoms with van der Waals surface area (Å²) >= 11 is 0. The van der Waals surface area contributed by atoms with Gasteiger partial charge in [-0.3, -0.25) is 0 Å². The highest BCUT2D eigenvalue weighted by molar-refractivity contribution is 6.10. The molecule has 1 aliphatic carbocycles. The fourth-order valence-corrected chi connectivity index (χ4v) is 8.60. The van der Waals surface area contributed by atoms with E-state index in [1.54, 1.807) is 0 Å². The minimum absolute atomic E-state index is 0.0540. The second kappa shape index (κ2) is 10.7. The van der Waals surface area contributed by atoms with Crippen LogP contribution < -0.4 is 4.90 Å². The molecule has 0 aliphatic heterocycles. The maximum atomic E-state index is 6.23. The summed E-state index contributed by atoms with van der Waals surface area (Å²) in [6.45, 7) is 4.66. The van der Waals surface area contributed by atoms with Crippen LogP contribution in [0.3, 0.4) is 0 Å². The van der Waals surface area contributed by atoms with E-state index < -0.39 is 0 Å². The molecule has 3 heteroatoms. The summed E-state index contributed by atoms with van der Waals surface area (Å²) in [6.07, 6.45) is 0. The van der Waals surface area contributed by atoms with Crippen LogP contribution in [0, 0.1) is 0 Å². The lowest BCUT2D eigenvalue weighted by molar-refractivity contribution is 0.660. The van der Waals surface area contributed by atoms with E-state index in [4.69, 9.17) is 8.83 Å². The summed E-state index contributed by atoms with van der Waals surface area (Å²) in [4.78, 5) is 2.37. The fourth-order valence-electron chi connectivity index (χ4n) is 8.60. The lowest BCUT2D eigenvalue weighted by Crippen LogP contribution is -2.15. The molecule has 0 fully saturated rings. The van der Waals surface area contributed by atoms with Crippen LogP contribution in [0.15, 0.2) is 173 Å². The van der Waals surface area contributed by atoms with Crippen LogP contribution >= 0.6 is 0 Å². The molecule has 3 nitrogen and oxygen atoms in total. The topological polar surface area (TPSA) is 29.5 Å². The summed E-state index contributed by atoms with van der Waals surface area (Å²) in [5, 5.41) is 6.90. The van der Waals surface area contributed by atoms with Gasteiger partial charge in [-0.1, -0.05) is 105 Å². The number of furan rings is 2. The fraction of sp³-hybridized carbons (Fsp3) is 0.0612. The molecule has 0 N–H and O–H groups in total. The molecule has 8 aromatic carbocycles. The average molecular weight is 668 g/mol. The summed E-state index contributed by atoms with van der Waals surface area (Å²) < 4.78 is 12.5. The summed E-state index contributed by atoms with van der Waals surface area (Å²) in [5.74, 6) is 0. The van der Waals surface area contributed by atoms with Crippen molar-refractivity contribution in [3.05, 3.63) is 175 Å². The summed E-state index contributed by atoms with van der Waals surface area (Å²) in [5.41, 5.74) is 14.5. The number of hydrogen-bond donors (Lipinski definition) is 0. The molecule has 0 saturated heterocycles. The van der Waals surface area contributed by atoms with Gasteiger partial charge in [0, 0.05) is 44.0 Å². The van der Waals surface area contributed by atoms with Crippen LogP contribution in [0.25, 0.3) is 76.9 Å². The van der Waals surface area contributed by atoms with Crippen molar-refractivity contribution >= 4 is 71.7 Å². The minimum Gasteiger partial charge on any atom is -0.456 e. The Hall–Kier alpha value is -6.58. The van der Waals surface area contributed by atoms with Gasteiger partial charge < -0.3 is 13.7 Å². The Kier molecular flexibility index (Phi) is 6.01. The van der Waals surface area contributed by atoms with Crippen molar-refractivity contribution in [3.8, 4) is 22.3 Å². The zero-order valence-corrected chi connectivity index (χ0v) is 28.9. The Labute approximate surface area is 301 Å². The molecule has 11 rings (SSSR count). The highest BCUT2D eigenvalue weighted by atomic mass is 16.3. The van der Waals surface area contributed by atoms with Crippen molar-refractivity contribution in [2.24, 2.45) is 0 Å². The molecule has 10 aromatic rings. The van der Waals surface area contributed by atoms with Crippen LogP contribution in [0.1, 0.15) is 25.0 Å². The Bertz CT molecular complexity index is 3050. The van der Waals surface area contributed by atoms with Gasteiger partial charge in [-0.2, -0.15) is 0 Å². The van der Waals surface area contributed by atoms with Crippen molar-refractivity contribution < 1.29 is 8.83 Å². The Morgan fingerprint density at radius 1 is 0.385 bits per heavy atom. The smallest absolute Gasteiger partial charge is 0.136 e. The lowest BCUT2D eigenvalue weighted by Gasteiger charge is -2.27. The van der Waals surface area contributed by atoms with Crippen LogP contribution in [0.4, 0.5) is 17.1 Å². The van der Waals surface area contributed by atoms with E-state index in [9.17, 15) is 0 Å².